The lowest BCUT2D eigenvalue weighted by Gasteiger charge is -2.13. The van der Waals surface area contributed by atoms with Crippen LogP contribution >= 0.6 is 0 Å². The quantitative estimate of drug-likeness (QED) is 0.571. The maximum absolute atomic E-state index is 11.3. The van der Waals surface area contributed by atoms with Crippen LogP contribution in [0.1, 0.15) is 19.8 Å². The molecule has 1 unspecified atom stereocenters. The average Bonchev–Trinajstić information content (AvgIpc) is 2.21. The third kappa shape index (κ3) is 9.88. The largest absolute Gasteiger partial charge is 0.481 e. The van der Waals surface area contributed by atoms with Crippen LogP contribution in [-0.2, 0) is 14.6 Å². The molecule has 0 bridgehead atoms. The Morgan fingerprint density at radius 1 is 1.28 bits per heavy atom. The van der Waals surface area contributed by atoms with Gasteiger partial charge in [0.1, 0.15) is 9.84 Å². The lowest BCUT2D eigenvalue weighted by atomic mass is 10.0. The Morgan fingerprint density at radius 2 is 1.89 bits per heavy atom. The summed E-state index contributed by atoms with van der Waals surface area (Å²) in [6.07, 6.45) is 1.74. The van der Waals surface area contributed by atoms with Crippen molar-refractivity contribution in [2.24, 2.45) is 5.92 Å². The molecule has 0 spiro atoms. The van der Waals surface area contributed by atoms with Gasteiger partial charge in [-0.25, -0.2) is 13.2 Å². The van der Waals surface area contributed by atoms with Crippen LogP contribution in [0.2, 0.25) is 0 Å². The smallest absolute Gasteiger partial charge is 0.314 e. The number of rotatable bonds is 8. The molecule has 18 heavy (non-hydrogen) atoms. The minimum absolute atomic E-state index is 0.000118. The highest BCUT2D eigenvalue weighted by Crippen LogP contribution is 2.06. The predicted octanol–water partition coefficient (Wildman–Crippen LogP) is -0.169. The molecule has 0 fully saturated rings. The van der Waals surface area contributed by atoms with Gasteiger partial charge in [-0.1, -0.05) is 13.3 Å². The zero-order chi connectivity index (χ0) is 14.2. The Bertz CT molecular complexity index is 380. The van der Waals surface area contributed by atoms with E-state index >= 15 is 0 Å². The number of nitrogens with one attached hydrogen (secondary N) is 2. The van der Waals surface area contributed by atoms with E-state index in [9.17, 15) is 18.0 Å². The third-order valence-corrected chi connectivity index (χ3v) is 3.30. The Kier molecular flexibility index (Phi) is 7.33. The van der Waals surface area contributed by atoms with E-state index in [1.165, 1.54) is 0 Å². The van der Waals surface area contributed by atoms with E-state index in [0.29, 0.717) is 6.42 Å². The molecule has 0 aliphatic carbocycles. The summed E-state index contributed by atoms with van der Waals surface area (Å²) in [7, 11) is -3.09. The van der Waals surface area contributed by atoms with Gasteiger partial charge in [0.2, 0.25) is 0 Å². The summed E-state index contributed by atoms with van der Waals surface area (Å²) in [5, 5.41) is 13.5. The van der Waals surface area contributed by atoms with Crippen molar-refractivity contribution in [1.29, 1.82) is 0 Å². The van der Waals surface area contributed by atoms with Crippen molar-refractivity contribution < 1.29 is 23.1 Å². The Hall–Kier alpha value is -1.31. The number of hydrogen-bond acceptors (Lipinski definition) is 4. The number of carboxylic acids is 1. The molecule has 2 amide bonds. The Morgan fingerprint density at radius 3 is 2.33 bits per heavy atom. The first-order chi connectivity index (χ1) is 8.24. The molecule has 0 aromatic carbocycles. The van der Waals surface area contributed by atoms with Crippen molar-refractivity contribution >= 4 is 21.8 Å². The van der Waals surface area contributed by atoms with E-state index < -0.39 is 21.8 Å². The maximum atomic E-state index is 11.3. The lowest BCUT2D eigenvalue weighted by molar-refractivity contribution is -0.138. The number of hydrogen-bond donors (Lipinski definition) is 3. The first-order valence-electron chi connectivity index (χ1n) is 5.65. The summed E-state index contributed by atoms with van der Waals surface area (Å²) in [5.74, 6) is -1.14. The van der Waals surface area contributed by atoms with Crippen molar-refractivity contribution in [3.63, 3.8) is 0 Å². The number of urea groups is 1. The highest BCUT2D eigenvalue weighted by molar-refractivity contribution is 7.90. The number of carbonyl (C=O) groups excluding carboxylic acids is 1. The molecule has 0 rings (SSSR count). The van der Waals surface area contributed by atoms with Crippen LogP contribution in [0.25, 0.3) is 0 Å². The van der Waals surface area contributed by atoms with Crippen LogP contribution < -0.4 is 10.6 Å². The monoisotopic (exact) mass is 280 g/mol. The highest BCUT2D eigenvalue weighted by Gasteiger charge is 2.12. The van der Waals surface area contributed by atoms with Crippen molar-refractivity contribution in [1.82, 2.24) is 10.6 Å². The molecule has 1 atom stereocenters. The highest BCUT2D eigenvalue weighted by atomic mass is 32.2. The number of amides is 2. The molecule has 0 saturated carbocycles. The van der Waals surface area contributed by atoms with Gasteiger partial charge in [0.25, 0.3) is 0 Å². The van der Waals surface area contributed by atoms with Crippen LogP contribution in [0.3, 0.4) is 0 Å². The molecule has 3 N–H and O–H groups in total. The molecule has 0 aliphatic rings. The van der Waals surface area contributed by atoms with Gasteiger partial charge in [0, 0.05) is 25.8 Å². The number of carbonyl (C=O) groups is 2. The second kappa shape index (κ2) is 7.91. The van der Waals surface area contributed by atoms with E-state index in [4.69, 9.17) is 5.11 Å². The van der Waals surface area contributed by atoms with Gasteiger partial charge in [-0.2, -0.15) is 0 Å². The fourth-order valence-corrected chi connectivity index (χ4v) is 1.73. The molecule has 0 heterocycles. The summed E-state index contributed by atoms with van der Waals surface area (Å²) in [4.78, 5) is 21.8. The van der Waals surface area contributed by atoms with Gasteiger partial charge in [-0.3, -0.25) is 4.79 Å². The van der Waals surface area contributed by atoms with Gasteiger partial charge >= 0.3 is 12.0 Å². The molecule has 8 heteroatoms. The van der Waals surface area contributed by atoms with Crippen LogP contribution in [0.4, 0.5) is 4.79 Å². The fraction of sp³-hybridized carbons (Fsp3) is 0.800. The zero-order valence-corrected chi connectivity index (χ0v) is 11.4. The van der Waals surface area contributed by atoms with E-state index in [0.717, 1.165) is 6.26 Å². The molecule has 7 nitrogen and oxygen atoms in total. The summed E-state index contributed by atoms with van der Waals surface area (Å²) in [6.45, 7) is 2.14. The molecule has 0 aromatic heterocycles. The normalized spacial score (nSPS) is 12.8. The van der Waals surface area contributed by atoms with Crippen molar-refractivity contribution in [2.75, 3.05) is 25.1 Å². The van der Waals surface area contributed by atoms with Crippen LogP contribution in [0.15, 0.2) is 0 Å². The molecule has 0 saturated heterocycles. The van der Waals surface area contributed by atoms with Gasteiger partial charge in [-0.15, -0.1) is 0 Å². The first kappa shape index (κ1) is 16.7. The van der Waals surface area contributed by atoms with E-state index in [1.807, 2.05) is 6.92 Å². The second-order valence-electron chi connectivity index (χ2n) is 4.14. The first-order valence-corrected chi connectivity index (χ1v) is 7.72. The summed E-state index contributed by atoms with van der Waals surface area (Å²) < 4.78 is 21.6. The predicted molar refractivity (Wildman–Crippen MR) is 67.1 cm³/mol. The fourth-order valence-electron chi connectivity index (χ4n) is 1.26. The Labute approximate surface area is 107 Å². The molecule has 0 aliphatic heterocycles. The molecule has 0 radical (unpaired) electrons. The maximum Gasteiger partial charge on any atom is 0.314 e. The number of aliphatic carboxylic acids is 1. The topological polar surface area (TPSA) is 113 Å². The van der Waals surface area contributed by atoms with Crippen LogP contribution in [0.5, 0.6) is 0 Å². The second-order valence-corrected chi connectivity index (χ2v) is 6.40. The summed E-state index contributed by atoms with van der Waals surface area (Å²) in [5.41, 5.74) is 0. The molecular weight excluding hydrogens is 260 g/mol. The summed E-state index contributed by atoms with van der Waals surface area (Å²) in [6, 6.07) is -0.484. The van der Waals surface area contributed by atoms with E-state index in [2.05, 4.69) is 10.6 Å². The lowest BCUT2D eigenvalue weighted by Crippen LogP contribution is -2.40. The Balaban J connectivity index is 3.84. The van der Waals surface area contributed by atoms with Gasteiger partial charge in [0.15, 0.2) is 0 Å². The van der Waals surface area contributed by atoms with E-state index in [1.54, 1.807) is 0 Å². The third-order valence-electron chi connectivity index (χ3n) is 2.35. The van der Waals surface area contributed by atoms with E-state index in [-0.39, 0.29) is 31.2 Å². The SMILES string of the molecule is CCC(CNC(=O)NCCS(C)(=O)=O)CC(=O)O. The number of sulfone groups is 1. The van der Waals surface area contributed by atoms with Crippen LogP contribution in [-0.4, -0.2) is 50.6 Å². The molecule has 0 aromatic rings. The standard InChI is InChI=1S/C10H20N2O5S/c1-3-8(6-9(13)14)7-12-10(15)11-4-5-18(2,16)17/h8H,3-7H2,1-2H3,(H,13,14)(H2,11,12,15). The number of carboxylic acid groups (broad SMARTS) is 1. The van der Waals surface area contributed by atoms with Gasteiger partial charge in [-0.05, 0) is 5.92 Å². The minimum atomic E-state index is -3.09. The van der Waals surface area contributed by atoms with Gasteiger partial charge < -0.3 is 15.7 Å². The van der Waals surface area contributed by atoms with Gasteiger partial charge in [0.05, 0.1) is 5.75 Å². The average molecular weight is 280 g/mol. The summed E-state index contributed by atoms with van der Waals surface area (Å²) >= 11 is 0. The van der Waals surface area contributed by atoms with Crippen molar-refractivity contribution in [2.45, 2.75) is 19.8 Å². The van der Waals surface area contributed by atoms with Crippen molar-refractivity contribution in [3.8, 4) is 0 Å². The van der Waals surface area contributed by atoms with Crippen LogP contribution in [0, 0.1) is 5.92 Å². The zero-order valence-electron chi connectivity index (χ0n) is 10.6. The molecule has 106 valence electrons. The minimum Gasteiger partial charge on any atom is -0.481 e. The molecular formula is C10H20N2O5S. The van der Waals surface area contributed by atoms with Crippen molar-refractivity contribution in [3.05, 3.63) is 0 Å².